The van der Waals surface area contributed by atoms with Gasteiger partial charge in [-0.3, -0.25) is 10.1 Å². The van der Waals surface area contributed by atoms with Crippen molar-refractivity contribution < 1.29 is 18.7 Å². The van der Waals surface area contributed by atoms with Crippen LogP contribution in [0.2, 0.25) is 0 Å². The molecule has 1 aromatic carbocycles. The summed E-state index contributed by atoms with van der Waals surface area (Å²) in [6.07, 6.45) is 0.783. The predicted octanol–water partition coefficient (Wildman–Crippen LogP) is 2.80. The summed E-state index contributed by atoms with van der Waals surface area (Å²) in [6.45, 7) is 2.10. The Morgan fingerprint density at radius 1 is 1.26 bits per heavy atom. The lowest BCUT2D eigenvalue weighted by molar-refractivity contribution is -0.113. The number of benzene rings is 1. The molecule has 0 fully saturated rings. The number of anilines is 1. The number of ether oxygens (including phenoxy) is 2. The number of amides is 1. The number of aryl methyl sites for hydroxylation is 1. The summed E-state index contributed by atoms with van der Waals surface area (Å²) < 4.78 is 16.2. The van der Waals surface area contributed by atoms with Gasteiger partial charge < -0.3 is 13.9 Å². The van der Waals surface area contributed by atoms with Crippen LogP contribution in [0.25, 0.3) is 0 Å². The molecule has 0 saturated heterocycles. The van der Waals surface area contributed by atoms with Crippen molar-refractivity contribution in [2.45, 2.75) is 25.2 Å². The molecule has 2 aromatic heterocycles. The van der Waals surface area contributed by atoms with Gasteiger partial charge in [-0.1, -0.05) is 36.1 Å². The lowest BCUT2D eigenvalue weighted by Crippen LogP contribution is -2.13. The molecule has 9 nitrogen and oxygen atoms in total. The quantitative estimate of drug-likeness (QED) is 0.535. The molecule has 0 radical (unpaired) electrons. The minimum atomic E-state index is -0.216. The van der Waals surface area contributed by atoms with E-state index in [9.17, 15) is 4.79 Å². The molecule has 0 aliphatic heterocycles. The van der Waals surface area contributed by atoms with Gasteiger partial charge in [-0.05, 0) is 18.6 Å². The number of nitrogens with one attached hydrogen (secondary N) is 1. The van der Waals surface area contributed by atoms with Crippen molar-refractivity contribution in [1.82, 2.24) is 20.4 Å². The Kier molecular flexibility index (Phi) is 6.60. The number of carbonyl (C=O) groups is 1. The maximum Gasteiger partial charge on any atom is 0.277 e. The molecule has 0 atom stereocenters. The molecule has 11 heteroatoms. The van der Waals surface area contributed by atoms with Gasteiger partial charge in [0.05, 0.1) is 12.9 Å². The summed E-state index contributed by atoms with van der Waals surface area (Å²) in [7, 11) is 1.59. The SMILES string of the molecule is CCc1nnc(NC(=O)CSc2nnc(COc3cccc(OC)c3)o2)s1. The monoisotopic (exact) mass is 407 g/mol. The average Bonchev–Trinajstić information content (AvgIpc) is 3.34. The van der Waals surface area contributed by atoms with E-state index in [1.54, 1.807) is 19.2 Å². The van der Waals surface area contributed by atoms with E-state index in [0.29, 0.717) is 27.7 Å². The molecule has 1 N–H and O–H groups in total. The molecule has 142 valence electrons. The normalized spacial score (nSPS) is 10.6. The highest BCUT2D eigenvalue weighted by Crippen LogP contribution is 2.21. The minimum absolute atomic E-state index is 0.123. The predicted molar refractivity (Wildman–Crippen MR) is 100 cm³/mol. The summed E-state index contributed by atoms with van der Waals surface area (Å²) in [5, 5.41) is 20.0. The molecular formula is C16H17N5O4S2. The van der Waals surface area contributed by atoms with Crippen molar-refractivity contribution in [1.29, 1.82) is 0 Å². The molecular weight excluding hydrogens is 390 g/mol. The van der Waals surface area contributed by atoms with E-state index in [2.05, 4.69) is 25.7 Å². The molecule has 0 spiro atoms. The fraction of sp³-hybridized carbons (Fsp3) is 0.312. The average molecular weight is 407 g/mol. The van der Waals surface area contributed by atoms with Gasteiger partial charge in [0, 0.05) is 6.07 Å². The van der Waals surface area contributed by atoms with Gasteiger partial charge in [-0.15, -0.1) is 20.4 Å². The number of carbonyl (C=O) groups excluding carboxylic acids is 1. The second-order valence-electron chi connectivity index (χ2n) is 5.12. The van der Waals surface area contributed by atoms with Crippen molar-refractivity contribution in [2.24, 2.45) is 0 Å². The fourth-order valence-corrected chi connectivity index (χ4v) is 3.20. The fourth-order valence-electron chi connectivity index (χ4n) is 1.92. The first-order valence-corrected chi connectivity index (χ1v) is 9.80. The highest BCUT2D eigenvalue weighted by molar-refractivity contribution is 7.99. The Labute approximate surface area is 163 Å². The summed E-state index contributed by atoms with van der Waals surface area (Å²) in [6, 6.07) is 7.21. The number of thioether (sulfide) groups is 1. The maximum atomic E-state index is 11.9. The van der Waals surface area contributed by atoms with Crippen molar-refractivity contribution in [3.05, 3.63) is 35.2 Å². The van der Waals surface area contributed by atoms with E-state index in [1.807, 2.05) is 19.1 Å². The molecule has 3 rings (SSSR count). The van der Waals surface area contributed by atoms with Crippen molar-refractivity contribution in [2.75, 3.05) is 18.2 Å². The molecule has 3 aromatic rings. The van der Waals surface area contributed by atoms with Crippen molar-refractivity contribution >= 4 is 34.1 Å². The second-order valence-corrected chi connectivity index (χ2v) is 7.11. The van der Waals surface area contributed by atoms with E-state index in [-0.39, 0.29) is 18.3 Å². The van der Waals surface area contributed by atoms with Crippen LogP contribution in [0.3, 0.4) is 0 Å². The molecule has 1 amide bonds. The summed E-state index contributed by atoms with van der Waals surface area (Å²) in [4.78, 5) is 11.9. The first-order chi connectivity index (χ1) is 13.2. The third-order valence-electron chi connectivity index (χ3n) is 3.19. The van der Waals surface area contributed by atoms with Crippen LogP contribution >= 0.6 is 23.1 Å². The van der Waals surface area contributed by atoms with E-state index >= 15 is 0 Å². The number of rotatable bonds is 9. The van der Waals surface area contributed by atoms with Gasteiger partial charge in [-0.2, -0.15) is 0 Å². The van der Waals surface area contributed by atoms with Gasteiger partial charge in [0.15, 0.2) is 6.61 Å². The van der Waals surface area contributed by atoms with E-state index in [0.717, 1.165) is 23.2 Å². The van der Waals surface area contributed by atoms with Gasteiger partial charge in [0.1, 0.15) is 16.5 Å². The lowest BCUT2D eigenvalue weighted by Gasteiger charge is -2.05. The zero-order chi connectivity index (χ0) is 19.1. The Morgan fingerprint density at radius 2 is 2.11 bits per heavy atom. The van der Waals surface area contributed by atoms with Crippen LogP contribution in [0, 0.1) is 0 Å². The Morgan fingerprint density at radius 3 is 2.89 bits per heavy atom. The van der Waals surface area contributed by atoms with E-state index in [1.165, 1.54) is 11.3 Å². The molecule has 27 heavy (non-hydrogen) atoms. The molecule has 0 aliphatic carbocycles. The number of aromatic nitrogens is 4. The van der Waals surface area contributed by atoms with Crippen LogP contribution in [0.1, 0.15) is 17.8 Å². The first-order valence-electron chi connectivity index (χ1n) is 8.00. The number of methoxy groups -OCH3 is 1. The maximum absolute atomic E-state index is 11.9. The Hall–Kier alpha value is -2.66. The highest BCUT2D eigenvalue weighted by Gasteiger charge is 2.12. The van der Waals surface area contributed by atoms with Gasteiger partial charge in [-0.25, -0.2) is 0 Å². The summed E-state index contributed by atoms with van der Waals surface area (Å²) >= 11 is 2.49. The minimum Gasteiger partial charge on any atom is -0.497 e. The molecule has 0 unspecified atom stereocenters. The third-order valence-corrected chi connectivity index (χ3v) is 5.00. The zero-order valence-corrected chi connectivity index (χ0v) is 16.3. The molecule has 0 saturated carbocycles. The van der Waals surface area contributed by atoms with Crippen LogP contribution in [-0.4, -0.2) is 39.2 Å². The first kappa shape index (κ1) is 19.1. The smallest absolute Gasteiger partial charge is 0.277 e. The van der Waals surface area contributed by atoms with Crippen molar-refractivity contribution in [3.8, 4) is 11.5 Å². The summed E-state index contributed by atoms with van der Waals surface area (Å²) in [5.74, 6) is 1.55. The summed E-state index contributed by atoms with van der Waals surface area (Å²) in [5.41, 5.74) is 0. The van der Waals surface area contributed by atoms with Crippen LogP contribution in [0.5, 0.6) is 11.5 Å². The molecule has 0 aliphatic rings. The van der Waals surface area contributed by atoms with Gasteiger partial charge in [0.25, 0.3) is 11.1 Å². The zero-order valence-electron chi connectivity index (χ0n) is 14.7. The van der Waals surface area contributed by atoms with Gasteiger partial charge >= 0.3 is 0 Å². The van der Waals surface area contributed by atoms with Crippen LogP contribution in [0.15, 0.2) is 33.9 Å². The standard InChI is InChI=1S/C16H17N5O4S2/c1-3-14-19-20-15(27-14)17-12(22)9-26-16-21-18-13(25-16)8-24-11-6-4-5-10(7-11)23-2/h4-7H,3,8-9H2,1-2H3,(H,17,20,22). The van der Waals surface area contributed by atoms with Gasteiger partial charge in [0.2, 0.25) is 11.0 Å². The third kappa shape index (κ3) is 5.66. The molecule has 0 bridgehead atoms. The number of hydrogen-bond donors (Lipinski definition) is 1. The van der Waals surface area contributed by atoms with Crippen molar-refractivity contribution in [3.63, 3.8) is 0 Å². The van der Waals surface area contributed by atoms with E-state index in [4.69, 9.17) is 13.9 Å². The van der Waals surface area contributed by atoms with Crippen LogP contribution in [-0.2, 0) is 17.8 Å². The highest BCUT2D eigenvalue weighted by atomic mass is 32.2. The largest absolute Gasteiger partial charge is 0.497 e. The topological polar surface area (TPSA) is 112 Å². The van der Waals surface area contributed by atoms with Crippen LogP contribution in [0.4, 0.5) is 5.13 Å². The number of hydrogen-bond acceptors (Lipinski definition) is 10. The molecule has 2 heterocycles. The second kappa shape index (κ2) is 9.33. The Balaban J connectivity index is 1.45. The Bertz CT molecular complexity index is 898. The lowest BCUT2D eigenvalue weighted by atomic mass is 10.3. The number of nitrogens with zero attached hydrogens (tertiary/aromatic N) is 4. The van der Waals surface area contributed by atoms with E-state index < -0.39 is 0 Å². The van der Waals surface area contributed by atoms with Crippen LogP contribution < -0.4 is 14.8 Å².